The number of carbonyl (C=O) groups excluding carboxylic acids is 1. The Labute approximate surface area is 232 Å². The van der Waals surface area contributed by atoms with E-state index in [1.165, 1.54) is 41.6 Å². The molecule has 3 aromatic rings. The van der Waals surface area contributed by atoms with Crippen LogP contribution >= 0.6 is 11.8 Å². The van der Waals surface area contributed by atoms with Gasteiger partial charge in [-0.2, -0.15) is 18.2 Å². The van der Waals surface area contributed by atoms with Crippen molar-refractivity contribution in [3.8, 4) is 11.1 Å². The molecule has 2 aliphatic rings. The van der Waals surface area contributed by atoms with Crippen LogP contribution in [0.5, 0.6) is 0 Å². The molecule has 1 aromatic heterocycles. The third kappa shape index (κ3) is 4.77. The molecule has 0 unspecified atom stereocenters. The van der Waals surface area contributed by atoms with Crippen molar-refractivity contribution in [2.24, 2.45) is 0 Å². The van der Waals surface area contributed by atoms with E-state index < -0.39 is 29.3 Å². The molecule has 1 fully saturated rings. The topological polar surface area (TPSA) is 67.7 Å². The Morgan fingerprint density at radius 3 is 2.52 bits per heavy atom. The Kier molecular flexibility index (Phi) is 7.43. The first-order valence-electron chi connectivity index (χ1n) is 12.7. The molecule has 0 radical (unpaired) electrons. The van der Waals surface area contributed by atoms with Gasteiger partial charge in [-0.1, -0.05) is 18.7 Å². The largest absolute Gasteiger partial charge is 0.417 e. The van der Waals surface area contributed by atoms with Crippen LogP contribution in [-0.2, 0) is 15.7 Å². The minimum absolute atomic E-state index is 0.103. The zero-order valence-electron chi connectivity index (χ0n) is 22.2. The molecular weight excluding hydrogens is 548 g/mol. The highest BCUT2D eigenvalue weighted by Crippen LogP contribution is 2.50. The van der Waals surface area contributed by atoms with Crippen molar-refractivity contribution < 1.29 is 27.1 Å². The lowest BCUT2D eigenvalue weighted by molar-refractivity contribution is -0.137. The normalized spacial score (nSPS) is 21.1. The molecule has 3 atom stereocenters. The predicted molar refractivity (Wildman–Crippen MR) is 146 cm³/mol. The van der Waals surface area contributed by atoms with Gasteiger partial charge in [0.2, 0.25) is 5.91 Å². The predicted octanol–water partition coefficient (Wildman–Crippen LogP) is 5.13. The van der Waals surface area contributed by atoms with Gasteiger partial charge >= 0.3 is 11.9 Å². The molecule has 7 nitrogen and oxygen atoms in total. The number of rotatable bonds is 5. The number of anilines is 1. The lowest BCUT2D eigenvalue weighted by atomic mass is 9.95. The number of benzene rings is 2. The number of nitrogens with zero attached hydrogens (tertiary/aromatic N) is 4. The van der Waals surface area contributed by atoms with Crippen LogP contribution in [-0.4, -0.2) is 65.0 Å². The number of thioether (sulfide) groups is 1. The van der Waals surface area contributed by atoms with E-state index in [2.05, 4.69) is 11.6 Å². The molecule has 0 saturated carbocycles. The second-order valence-corrected chi connectivity index (χ2v) is 11.1. The van der Waals surface area contributed by atoms with Crippen LogP contribution in [0.1, 0.15) is 25.5 Å². The summed E-state index contributed by atoms with van der Waals surface area (Å²) in [4.78, 5) is 34.0. The Hall–Kier alpha value is -3.38. The van der Waals surface area contributed by atoms with Crippen molar-refractivity contribution in [3.05, 3.63) is 64.9 Å². The highest BCUT2D eigenvalue weighted by atomic mass is 32.2. The summed E-state index contributed by atoms with van der Waals surface area (Å²) in [5.74, 6) is -0.383. The number of aromatic nitrogens is 2. The molecule has 0 bridgehead atoms. The third-order valence-corrected chi connectivity index (χ3v) is 8.68. The van der Waals surface area contributed by atoms with Gasteiger partial charge in [-0.05, 0) is 43.7 Å². The van der Waals surface area contributed by atoms with Crippen LogP contribution in [0.15, 0.2) is 52.7 Å². The maximum Gasteiger partial charge on any atom is 0.417 e. The average Bonchev–Trinajstić information content (AvgIpc) is 2.91. The van der Waals surface area contributed by atoms with E-state index in [9.17, 15) is 27.2 Å². The van der Waals surface area contributed by atoms with Crippen molar-refractivity contribution in [2.75, 3.05) is 37.5 Å². The first kappa shape index (κ1) is 28.2. The Balaban J connectivity index is 1.82. The summed E-state index contributed by atoms with van der Waals surface area (Å²) in [6.45, 7) is 7.93. The van der Waals surface area contributed by atoms with Crippen LogP contribution in [0.25, 0.3) is 22.0 Å². The fourth-order valence-electron chi connectivity index (χ4n) is 5.60. The van der Waals surface area contributed by atoms with Gasteiger partial charge in [0.1, 0.15) is 11.6 Å². The number of halogens is 4. The van der Waals surface area contributed by atoms with Gasteiger partial charge in [-0.15, -0.1) is 11.8 Å². The summed E-state index contributed by atoms with van der Waals surface area (Å²) < 4.78 is 64.5. The van der Waals surface area contributed by atoms with Gasteiger partial charge in [0.15, 0.2) is 0 Å². The molecule has 3 heterocycles. The van der Waals surface area contributed by atoms with Crippen molar-refractivity contribution in [3.63, 3.8) is 0 Å². The highest BCUT2D eigenvalue weighted by Gasteiger charge is 2.40. The second kappa shape index (κ2) is 10.5. The summed E-state index contributed by atoms with van der Waals surface area (Å²) in [5.41, 5.74) is -1.06. The SMILES string of the molecule is C=CC(=O)N1C[C@H](C)N(c2nc(=O)n3c4c(c(-c5ccc(F)cc5)c(C(F)(F)F)cc24)SC[C@@H]3COC)C[C@H]1C. The molecule has 0 aliphatic carbocycles. The maximum absolute atomic E-state index is 14.7. The quantitative estimate of drug-likeness (QED) is 0.310. The first-order valence-corrected chi connectivity index (χ1v) is 13.7. The van der Waals surface area contributed by atoms with E-state index in [1.807, 2.05) is 13.8 Å². The summed E-state index contributed by atoms with van der Waals surface area (Å²) >= 11 is 1.21. The van der Waals surface area contributed by atoms with Crippen LogP contribution in [0.4, 0.5) is 23.4 Å². The van der Waals surface area contributed by atoms with E-state index in [0.29, 0.717) is 11.3 Å². The summed E-state index contributed by atoms with van der Waals surface area (Å²) in [5, 5.41) is 0.184. The summed E-state index contributed by atoms with van der Waals surface area (Å²) in [6, 6.07) is 4.82. The van der Waals surface area contributed by atoms with Gasteiger partial charge in [-0.3, -0.25) is 9.36 Å². The van der Waals surface area contributed by atoms with Crippen LogP contribution in [0.2, 0.25) is 0 Å². The van der Waals surface area contributed by atoms with E-state index in [1.54, 1.807) is 9.80 Å². The molecule has 2 aliphatic heterocycles. The van der Waals surface area contributed by atoms with Crippen LogP contribution in [0, 0.1) is 5.82 Å². The molecule has 40 heavy (non-hydrogen) atoms. The number of piperazine rings is 1. The molecule has 5 rings (SSSR count). The smallest absolute Gasteiger partial charge is 0.383 e. The first-order chi connectivity index (χ1) is 19.0. The molecule has 0 N–H and O–H groups in total. The third-order valence-electron chi connectivity index (χ3n) is 7.44. The number of methoxy groups -OCH3 is 1. The van der Waals surface area contributed by atoms with Crippen LogP contribution in [0.3, 0.4) is 0 Å². The van der Waals surface area contributed by atoms with Crippen LogP contribution < -0.4 is 10.6 Å². The van der Waals surface area contributed by atoms with Crippen molar-refractivity contribution >= 4 is 34.4 Å². The number of carbonyl (C=O) groups is 1. The minimum Gasteiger partial charge on any atom is -0.383 e. The second-order valence-electron chi connectivity index (χ2n) is 10.1. The number of alkyl halides is 3. The standard InChI is InChI=1S/C28H28F4N4O3S/c1-5-22(37)34-11-16(3)35(12-15(34)2)26-20-10-21(28(30,31)32)23(17-6-8-18(29)9-7-17)25-24(20)36(27(38)33-26)19(13-39-4)14-40-25/h5-10,15-16,19H,1,11-14H2,2-4H3/t15-,16+,19+/m1/s1. The zero-order chi connectivity index (χ0) is 28.9. The maximum atomic E-state index is 14.7. The molecule has 1 amide bonds. The Bertz CT molecular complexity index is 1540. The molecule has 212 valence electrons. The number of hydrogen-bond acceptors (Lipinski definition) is 6. The van der Waals surface area contributed by atoms with Crippen molar-refractivity contribution in [2.45, 2.75) is 43.0 Å². The molecule has 12 heteroatoms. The monoisotopic (exact) mass is 576 g/mol. The van der Waals surface area contributed by atoms with Gasteiger partial charge in [-0.25, -0.2) is 9.18 Å². The zero-order valence-corrected chi connectivity index (χ0v) is 23.0. The lowest BCUT2D eigenvalue weighted by Gasteiger charge is -2.45. The number of amides is 1. The Morgan fingerprint density at radius 2 is 1.90 bits per heavy atom. The number of hydrogen-bond donors (Lipinski definition) is 0. The highest BCUT2D eigenvalue weighted by molar-refractivity contribution is 7.99. The number of ether oxygens (including phenoxy) is 1. The van der Waals surface area contributed by atoms with E-state index in [4.69, 9.17) is 4.74 Å². The summed E-state index contributed by atoms with van der Waals surface area (Å²) in [7, 11) is 1.49. The summed E-state index contributed by atoms with van der Waals surface area (Å²) in [6.07, 6.45) is -3.52. The van der Waals surface area contributed by atoms with Crippen molar-refractivity contribution in [1.29, 1.82) is 0 Å². The van der Waals surface area contributed by atoms with E-state index in [0.717, 1.165) is 18.2 Å². The molecule has 2 aromatic carbocycles. The van der Waals surface area contributed by atoms with E-state index >= 15 is 0 Å². The molecule has 1 saturated heterocycles. The lowest BCUT2D eigenvalue weighted by Crippen LogP contribution is -2.58. The van der Waals surface area contributed by atoms with Gasteiger partial charge < -0.3 is 14.5 Å². The van der Waals surface area contributed by atoms with Gasteiger partial charge in [0, 0.05) is 53.9 Å². The van der Waals surface area contributed by atoms with Gasteiger partial charge in [0.05, 0.1) is 23.7 Å². The molecular formula is C28H28F4N4O3S. The molecule has 0 spiro atoms. The van der Waals surface area contributed by atoms with Gasteiger partial charge in [0.25, 0.3) is 0 Å². The fraction of sp³-hybridized carbons (Fsp3) is 0.393. The fourth-order valence-corrected chi connectivity index (χ4v) is 6.92. The Morgan fingerprint density at radius 1 is 1.20 bits per heavy atom. The van der Waals surface area contributed by atoms with Crippen molar-refractivity contribution in [1.82, 2.24) is 14.5 Å². The minimum atomic E-state index is -4.75. The van der Waals surface area contributed by atoms with E-state index in [-0.39, 0.29) is 64.9 Å². The average molecular weight is 577 g/mol.